The molecule has 0 aliphatic heterocycles. The van der Waals surface area contributed by atoms with E-state index < -0.39 is 16.0 Å². The monoisotopic (exact) mass is 468 g/mol. The van der Waals surface area contributed by atoms with E-state index in [9.17, 15) is 18.5 Å². The number of hydrogen-bond donors (Lipinski definition) is 1. The number of carbonyl (C=O) groups excluding carboxylic acids is 1. The number of aryl methyl sites for hydroxylation is 1. The van der Waals surface area contributed by atoms with Crippen LogP contribution in [0.5, 0.6) is 0 Å². The van der Waals surface area contributed by atoms with Gasteiger partial charge >= 0.3 is 5.97 Å². The zero-order valence-corrected chi connectivity index (χ0v) is 19.8. The predicted octanol–water partition coefficient (Wildman–Crippen LogP) is 4.74. The lowest BCUT2D eigenvalue weighted by atomic mass is 9.96. The Morgan fingerprint density at radius 3 is 2.38 bits per heavy atom. The molecule has 3 aromatic rings. The van der Waals surface area contributed by atoms with Gasteiger partial charge in [0.15, 0.2) is 0 Å². The van der Waals surface area contributed by atoms with E-state index in [0.29, 0.717) is 22.4 Å². The van der Waals surface area contributed by atoms with Gasteiger partial charge < -0.3 is 4.74 Å². The molecule has 0 amide bonds. The molecule has 8 heteroatoms. The highest BCUT2D eigenvalue weighted by molar-refractivity contribution is 7.88. The summed E-state index contributed by atoms with van der Waals surface area (Å²) in [5.41, 5.74) is 4.64. The van der Waals surface area contributed by atoms with E-state index in [4.69, 9.17) is 4.74 Å². The number of benzene rings is 2. The van der Waals surface area contributed by atoms with Gasteiger partial charge in [-0.05, 0) is 41.7 Å². The largest absolute Gasteiger partial charge is 0.462 e. The van der Waals surface area contributed by atoms with Crippen molar-refractivity contribution in [3.05, 3.63) is 69.4 Å². The topological polar surface area (TPSA) is 96.3 Å². The summed E-state index contributed by atoms with van der Waals surface area (Å²) in [5.74, 6) is -0.418. The van der Waals surface area contributed by atoms with Crippen LogP contribution in [0.3, 0.4) is 0 Å². The summed E-state index contributed by atoms with van der Waals surface area (Å²) in [6, 6.07) is 17.5. The van der Waals surface area contributed by atoms with E-state index in [-0.39, 0.29) is 13.2 Å². The Balaban J connectivity index is 1.97. The summed E-state index contributed by atoms with van der Waals surface area (Å²) < 4.78 is 30.4. The summed E-state index contributed by atoms with van der Waals surface area (Å²) >= 11 is 1.31. The van der Waals surface area contributed by atoms with Crippen LogP contribution in [0.2, 0.25) is 0 Å². The van der Waals surface area contributed by atoms with Gasteiger partial charge in [-0.1, -0.05) is 49.4 Å². The van der Waals surface area contributed by atoms with Crippen LogP contribution in [0.15, 0.2) is 48.5 Å². The minimum Gasteiger partial charge on any atom is -0.462 e. The summed E-state index contributed by atoms with van der Waals surface area (Å²) in [7, 11) is -3.27. The van der Waals surface area contributed by atoms with Crippen LogP contribution in [0.4, 0.5) is 0 Å². The Bertz CT molecular complexity index is 1270. The van der Waals surface area contributed by atoms with Gasteiger partial charge in [-0.25, -0.2) is 17.9 Å². The number of nitrogens with one attached hydrogen (secondary N) is 1. The molecule has 3 rings (SSSR count). The Labute approximate surface area is 192 Å². The number of rotatable bonds is 8. The van der Waals surface area contributed by atoms with Crippen LogP contribution >= 0.6 is 11.3 Å². The smallest absolute Gasteiger partial charge is 0.348 e. The fourth-order valence-electron chi connectivity index (χ4n) is 3.37. The lowest BCUT2D eigenvalue weighted by Gasteiger charge is -2.09. The summed E-state index contributed by atoms with van der Waals surface area (Å²) in [6.45, 7) is 4.20. The average Bonchev–Trinajstić information content (AvgIpc) is 3.16. The van der Waals surface area contributed by atoms with Crippen molar-refractivity contribution in [3.8, 4) is 28.3 Å². The van der Waals surface area contributed by atoms with Crippen LogP contribution in [0, 0.1) is 11.3 Å². The predicted molar refractivity (Wildman–Crippen MR) is 127 cm³/mol. The van der Waals surface area contributed by atoms with Crippen molar-refractivity contribution in [2.24, 2.45) is 0 Å². The van der Waals surface area contributed by atoms with Crippen molar-refractivity contribution in [2.45, 2.75) is 26.8 Å². The van der Waals surface area contributed by atoms with Crippen molar-refractivity contribution in [1.29, 1.82) is 5.26 Å². The molecule has 0 saturated carbocycles. The second kappa shape index (κ2) is 10.1. The Kier molecular flexibility index (Phi) is 7.46. The van der Waals surface area contributed by atoms with Gasteiger partial charge in [-0.2, -0.15) is 5.26 Å². The van der Waals surface area contributed by atoms with Crippen LogP contribution in [-0.4, -0.2) is 27.2 Å². The first kappa shape index (κ1) is 23.7. The number of carbonyl (C=O) groups is 1. The van der Waals surface area contributed by atoms with E-state index in [1.807, 2.05) is 55.5 Å². The minimum atomic E-state index is -3.27. The highest BCUT2D eigenvalue weighted by Crippen LogP contribution is 2.38. The second-order valence-corrected chi connectivity index (χ2v) is 10.1. The summed E-state index contributed by atoms with van der Waals surface area (Å²) in [4.78, 5) is 13.8. The van der Waals surface area contributed by atoms with Crippen molar-refractivity contribution < 1.29 is 17.9 Å². The lowest BCUT2D eigenvalue weighted by Crippen LogP contribution is -2.21. The number of esters is 1. The molecule has 1 heterocycles. The zero-order valence-electron chi connectivity index (χ0n) is 18.1. The third-order valence-corrected chi connectivity index (χ3v) is 6.83. The van der Waals surface area contributed by atoms with E-state index in [1.54, 1.807) is 6.92 Å². The van der Waals surface area contributed by atoms with Crippen LogP contribution in [-0.2, 0) is 27.7 Å². The van der Waals surface area contributed by atoms with E-state index in [2.05, 4.69) is 10.8 Å². The Morgan fingerprint density at radius 2 is 1.78 bits per heavy atom. The van der Waals surface area contributed by atoms with E-state index in [1.165, 1.54) is 11.3 Å². The molecule has 0 fully saturated rings. The summed E-state index contributed by atoms with van der Waals surface area (Å²) in [6.07, 6.45) is 1.79. The molecule has 0 radical (unpaired) electrons. The molecule has 166 valence electrons. The molecule has 0 bridgehead atoms. The fraction of sp³-hybridized carbons (Fsp3) is 0.250. The number of ether oxygens (including phenoxy) is 1. The number of sulfonamides is 1. The van der Waals surface area contributed by atoms with Crippen LogP contribution in [0.1, 0.15) is 39.5 Å². The number of nitriles is 1. The molecule has 0 spiro atoms. The Morgan fingerprint density at radius 1 is 1.09 bits per heavy atom. The molecule has 0 unspecified atom stereocenters. The van der Waals surface area contributed by atoms with E-state index in [0.717, 1.165) is 33.4 Å². The minimum absolute atomic E-state index is 0.216. The molecule has 1 N–H and O–H groups in total. The fourth-order valence-corrected chi connectivity index (χ4v) is 4.90. The standard InChI is InChI=1S/C24H24N2O4S2/c1-4-21-20(14-25)22(23(31-21)24(27)30-5-2)18-11-9-17(10-12-18)19-8-6-7-16(13-19)15-26-32(3,28)29/h6-13,26H,4-5,15H2,1-3H3. The normalized spacial score (nSPS) is 11.2. The number of thiophene rings is 1. The molecule has 0 aliphatic carbocycles. The van der Waals surface area contributed by atoms with Gasteiger partial charge in [0.2, 0.25) is 10.0 Å². The second-order valence-electron chi connectivity index (χ2n) is 7.16. The number of nitrogens with zero attached hydrogens (tertiary/aromatic N) is 1. The quantitative estimate of drug-likeness (QED) is 0.482. The molecular weight excluding hydrogens is 444 g/mol. The molecule has 32 heavy (non-hydrogen) atoms. The number of hydrogen-bond acceptors (Lipinski definition) is 6. The van der Waals surface area contributed by atoms with Crippen molar-refractivity contribution in [1.82, 2.24) is 4.72 Å². The molecular formula is C24H24N2O4S2. The van der Waals surface area contributed by atoms with Crippen molar-refractivity contribution in [2.75, 3.05) is 12.9 Å². The average molecular weight is 469 g/mol. The maximum absolute atomic E-state index is 12.5. The van der Waals surface area contributed by atoms with Gasteiger partial charge in [0, 0.05) is 17.0 Å². The highest BCUT2D eigenvalue weighted by atomic mass is 32.2. The zero-order chi connectivity index (χ0) is 23.3. The van der Waals surface area contributed by atoms with Gasteiger partial charge in [-0.15, -0.1) is 11.3 Å². The molecule has 1 aromatic heterocycles. The van der Waals surface area contributed by atoms with Crippen molar-refractivity contribution in [3.63, 3.8) is 0 Å². The molecule has 6 nitrogen and oxygen atoms in total. The van der Waals surface area contributed by atoms with Gasteiger partial charge in [0.05, 0.1) is 18.4 Å². The third kappa shape index (κ3) is 5.43. The first-order valence-electron chi connectivity index (χ1n) is 10.1. The first-order valence-corrected chi connectivity index (χ1v) is 12.9. The van der Waals surface area contributed by atoms with Crippen LogP contribution < -0.4 is 4.72 Å². The molecule has 0 saturated heterocycles. The lowest BCUT2D eigenvalue weighted by molar-refractivity contribution is 0.0533. The Hall–Kier alpha value is -2.99. The molecule has 2 aromatic carbocycles. The van der Waals surface area contributed by atoms with Gasteiger partial charge in [0.25, 0.3) is 0 Å². The third-order valence-electron chi connectivity index (χ3n) is 4.85. The van der Waals surface area contributed by atoms with Crippen LogP contribution in [0.25, 0.3) is 22.3 Å². The SMILES string of the molecule is CCOC(=O)c1sc(CC)c(C#N)c1-c1ccc(-c2cccc(CNS(C)(=O)=O)c2)cc1. The maximum Gasteiger partial charge on any atom is 0.348 e. The summed E-state index contributed by atoms with van der Waals surface area (Å²) in [5, 5.41) is 9.74. The van der Waals surface area contributed by atoms with Crippen molar-refractivity contribution >= 4 is 27.3 Å². The maximum atomic E-state index is 12.5. The first-order chi connectivity index (χ1) is 15.3. The van der Waals surface area contributed by atoms with E-state index >= 15 is 0 Å². The van der Waals surface area contributed by atoms with Gasteiger partial charge in [0.1, 0.15) is 10.9 Å². The molecule has 0 atom stereocenters. The highest BCUT2D eigenvalue weighted by Gasteiger charge is 2.24. The van der Waals surface area contributed by atoms with Gasteiger partial charge in [-0.3, -0.25) is 0 Å². The molecule has 0 aliphatic rings.